The summed E-state index contributed by atoms with van der Waals surface area (Å²) in [5.74, 6) is 3.31. The Kier molecular flexibility index (Phi) is 3.39. The zero-order chi connectivity index (χ0) is 19.4. The Labute approximate surface area is 168 Å². The molecule has 8 fully saturated rings. The summed E-state index contributed by atoms with van der Waals surface area (Å²) in [4.78, 5) is 0. The Balaban J connectivity index is 1.46. The van der Waals surface area contributed by atoms with E-state index in [4.69, 9.17) is 0 Å². The Morgan fingerprint density at radius 3 is 1.21 bits per heavy atom. The van der Waals surface area contributed by atoms with Crippen LogP contribution < -0.4 is 0 Å². The van der Waals surface area contributed by atoms with Crippen LogP contribution in [0.2, 0.25) is 0 Å². The van der Waals surface area contributed by atoms with Crippen molar-refractivity contribution in [3.05, 3.63) is 0 Å². The molecule has 8 aliphatic carbocycles. The highest BCUT2D eigenvalue weighted by Crippen LogP contribution is 2.78. The number of hydrogen-bond donors (Lipinski definition) is 2. The van der Waals surface area contributed by atoms with E-state index in [1.165, 1.54) is 77.0 Å². The molecule has 154 valence electrons. The molecule has 8 saturated carbocycles. The third kappa shape index (κ3) is 2.03. The molecule has 28 heavy (non-hydrogen) atoms. The minimum atomic E-state index is 0.162. The molecular weight excluding hydrogens is 348 g/mol. The van der Waals surface area contributed by atoms with Crippen LogP contribution in [-0.2, 0) is 0 Å². The molecular formula is C24H36N2O2. The first-order valence-corrected chi connectivity index (χ1v) is 11.7. The Morgan fingerprint density at radius 2 is 0.929 bits per heavy atom. The van der Waals surface area contributed by atoms with Gasteiger partial charge in [-0.15, -0.1) is 0 Å². The second-order valence-corrected chi connectivity index (χ2v) is 12.4. The van der Waals surface area contributed by atoms with Crippen LogP contribution in [-0.4, -0.2) is 21.8 Å². The number of oxime groups is 2. The van der Waals surface area contributed by atoms with Crippen molar-refractivity contribution in [2.75, 3.05) is 0 Å². The molecule has 8 bridgehead atoms. The fraction of sp³-hybridized carbons (Fsp3) is 0.917. The summed E-state index contributed by atoms with van der Waals surface area (Å²) in [5, 5.41) is 27.0. The van der Waals surface area contributed by atoms with Crippen molar-refractivity contribution in [3.8, 4) is 0 Å². The quantitative estimate of drug-likeness (QED) is 0.363. The molecule has 0 aromatic carbocycles. The number of rotatable bonds is 3. The van der Waals surface area contributed by atoms with Crippen LogP contribution in [0.4, 0.5) is 0 Å². The number of nitrogens with zero attached hydrogens (tertiary/aromatic N) is 2. The summed E-state index contributed by atoms with van der Waals surface area (Å²) in [6, 6.07) is 0. The third-order valence-electron chi connectivity index (χ3n) is 11.1. The highest BCUT2D eigenvalue weighted by Gasteiger charge is 2.70. The van der Waals surface area contributed by atoms with Crippen molar-refractivity contribution >= 4 is 11.4 Å². The molecule has 4 unspecified atom stereocenters. The lowest BCUT2D eigenvalue weighted by molar-refractivity contribution is -0.217. The molecule has 0 spiro atoms. The maximum atomic E-state index is 9.70. The van der Waals surface area contributed by atoms with Crippen LogP contribution in [0.3, 0.4) is 0 Å². The van der Waals surface area contributed by atoms with Crippen molar-refractivity contribution in [2.24, 2.45) is 55.6 Å². The summed E-state index contributed by atoms with van der Waals surface area (Å²) in [6.45, 7) is 4.18. The van der Waals surface area contributed by atoms with Gasteiger partial charge in [0.05, 0.1) is 11.4 Å². The zero-order valence-corrected chi connectivity index (χ0v) is 17.6. The molecule has 0 aromatic heterocycles. The molecule has 0 radical (unpaired) electrons. The van der Waals surface area contributed by atoms with Crippen LogP contribution in [0.5, 0.6) is 0 Å². The Morgan fingerprint density at radius 1 is 0.607 bits per heavy atom. The summed E-state index contributed by atoms with van der Waals surface area (Å²) in [7, 11) is 0. The Bertz CT molecular complexity index is 677. The molecule has 2 N–H and O–H groups in total. The zero-order valence-electron chi connectivity index (χ0n) is 17.6. The van der Waals surface area contributed by atoms with E-state index >= 15 is 0 Å². The maximum absolute atomic E-state index is 9.70. The van der Waals surface area contributed by atoms with E-state index in [9.17, 15) is 10.4 Å². The normalized spacial score (nSPS) is 57.2. The lowest BCUT2D eigenvalue weighted by atomic mass is 9.31. The first-order chi connectivity index (χ1) is 13.4. The second kappa shape index (κ2) is 5.35. The van der Waals surface area contributed by atoms with Gasteiger partial charge in [0.25, 0.3) is 0 Å². The monoisotopic (exact) mass is 384 g/mol. The van der Waals surface area contributed by atoms with Crippen molar-refractivity contribution < 1.29 is 10.4 Å². The van der Waals surface area contributed by atoms with Crippen LogP contribution in [0.15, 0.2) is 10.3 Å². The van der Waals surface area contributed by atoms with Crippen LogP contribution >= 0.6 is 0 Å². The fourth-order valence-electron chi connectivity index (χ4n) is 10.8. The van der Waals surface area contributed by atoms with Crippen LogP contribution in [0.25, 0.3) is 0 Å². The molecule has 0 aromatic rings. The molecule has 8 rings (SSSR count). The van der Waals surface area contributed by atoms with Gasteiger partial charge >= 0.3 is 0 Å². The molecule has 0 saturated heterocycles. The first kappa shape index (κ1) is 17.8. The maximum Gasteiger partial charge on any atom is 0.0601 e. The van der Waals surface area contributed by atoms with E-state index in [0.29, 0.717) is 10.8 Å². The van der Waals surface area contributed by atoms with E-state index in [1.807, 2.05) is 0 Å². The highest BCUT2D eigenvalue weighted by atomic mass is 16.4. The lowest BCUT2D eigenvalue weighted by Crippen LogP contribution is -2.66. The predicted molar refractivity (Wildman–Crippen MR) is 109 cm³/mol. The molecule has 4 heteroatoms. The van der Waals surface area contributed by atoms with Crippen molar-refractivity contribution in [1.29, 1.82) is 0 Å². The fourth-order valence-corrected chi connectivity index (χ4v) is 10.8. The van der Waals surface area contributed by atoms with Gasteiger partial charge in [-0.05, 0) is 125 Å². The molecule has 0 aliphatic heterocycles. The third-order valence-corrected chi connectivity index (χ3v) is 11.1. The minimum Gasteiger partial charge on any atom is -0.411 e. The van der Waals surface area contributed by atoms with Gasteiger partial charge in [0, 0.05) is 10.8 Å². The summed E-state index contributed by atoms with van der Waals surface area (Å²) < 4.78 is 0. The van der Waals surface area contributed by atoms with E-state index < -0.39 is 0 Å². The van der Waals surface area contributed by atoms with Crippen molar-refractivity contribution in [3.63, 3.8) is 0 Å². The van der Waals surface area contributed by atoms with E-state index in [1.54, 1.807) is 0 Å². The van der Waals surface area contributed by atoms with Gasteiger partial charge in [0.1, 0.15) is 0 Å². The Hall–Kier alpha value is -1.06. The lowest BCUT2D eigenvalue weighted by Gasteiger charge is -2.74. The molecule has 8 aliphatic rings. The number of hydrogen-bond acceptors (Lipinski definition) is 4. The van der Waals surface area contributed by atoms with Crippen molar-refractivity contribution in [2.45, 2.75) is 90.9 Å². The van der Waals surface area contributed by atoms with Crippen LogP contribution in [0.1, 0.15) is 90.9 Å². The van der Waals surface area contributed by atoms with Gasteiger partial charge in [-0.25, -0.2) is 0 Å². The largest absolute Gasteiger partial charge is 0.411 e. The van der Waals surface area contributed by atoms with E-state index in [2.05, 4.69) is 24.2 Å². The van der Waals surface area contributed by atoms with E-state index in [0.717, 1.165) is 35.1 Å². The SMILES string of the molecule is CC(=NO)C12CC3CC(C1)CC(C14CC5CC(CC(C(C)=NO)(C5)C1)C4)(C3)C2. The summed E-state index contributed by atoms with van der Waals surface area (Å²) >= 11 is 0. The van der Waals surface area contributed by atoms with Gasteiger partial charge in [-0.2, -0.15) is 0 Å². The summed E-state index contributed by atoms with van der Waals surface area (Å²) in [6.07, 6.45) is 16.0. The van der Waals surface area contributed by atoms with E-state index in [-0.39, 0.29) is 10.8 Å². The first-order valence-electron chi connectivity index (χ1n) is 11.7. The standard InChI is InChI=1S/C24H36N2O2/c1-15(25-27)21-5-17-3-18(6-21)10-23(9-17,13-21)24-11-19-4-20(12-24)8-22(7-19,14-24)16(2)26-28/h17-20,27-28H,3-14H2,1-2H3. The minimum absolute atomic E-state index is 0.162. The second-order valence-electron chi connectivity index (χ2n) is 12.4. The highest BCUT2D eigenvalue weighted by molar-refractivity contribution is 5.89. The molecule has 4 nitrogen and oxygen atoms in total. The van der Waals surface area contributed by atoms with Gasteiger partial charge < -0.3 is 10.4 Å². The molecule has 0 heterocycles. The van der Waals surface area contributed by atoms with Crippen LogP contribution in [0, 0.1) is 45.3 Å². The summed E-state index contributed by atoms with van der Waals surface area (Å²) in [5.41, 5.74) is 3.21. The topological polar surface area (TPSA) is 65.2 Å². The molecule has 4 atom stereocenters. The van der Waals surface area contributed by atoms with Gasteiger partial charge in [-0.1, -0.05) is 10.3 Å². The average Bonchev–Trinajstić information content (AvgIpc) is 2.64. The van der Waals surface area contributed by atoms with Gasteiger partial charge in [-0.3, -0.25) is 0 Å². The van der Waals surface area contributed by atoms with Gasteiger partial charge in [0.15, 0.2) is 0 Å². The predicted octanol–water partition coefficient (Wildman–Crippen LogP) is 5.86. The van der Waals surface area contributed by atoms with Crippen molar-refractivity contribution in [1.82, 2.24) is 0 Å². The molecule has 0 amide bonds. The van der Waals surface area contributed by atoms with Gasteiger partial charge in [0.2, 0.25) is 0 Å². The smallest absolute Gasteiger partial charge is 0.0601 e. The average molecular weight is 385 g/mol.